The topological polar surface area (TPSA) is 46.9 Å². The van der Waals surface area contributed by atoms with Gasteiger partial charge < -0.3 is 5.32 Å². The van der Waals surface area contributed by atoms with Crippen LogP contribution in [0, 0.1) is 13.8 Å². The van der Waals surface area contributed by atoms with Crippen molar-refractivity contribution in [3.05, 3.63) is 52.3 Å². The van der Waals surface area contributed by atoms with Crippen molar-refractivity contribution in [3.63, 3.8) is 0 Å². The maximum Gasteiger partial charge on any atom is 0.242 e. The number of carbonyl (C=O) groups is 1. The normalized spacial score (nSPS) is 12.2. The SMILES string of the molecule is Cc1nn(CC(=O)N[C@H](C)c2ccccc2)c(C)c1Cl. The maximum atomic E-state index is 12.1. The van der Waals surface area contributed by atoms with Crippen molar-refractivity contribution >= 4 is 17.5 Å². The number of halogens is 1. The third-order valence-electron chi connectivity index (χ3n) is 3.26. The fraction of sp³-hybridized carbons (Fsp3) is 0.333. The lowest BCUT2D eigenvalue weighted by molar-refractivity contribution is -0.122. The minimum atomic E-state index is -0.0800. The van der Waals surface area contributed by atoms with E-state index in [1.165, 1.54) is 0 Å². The minimum absolute atomic E-state index is 0.0314. The second-order valence-corrected chi connectivity index (χ2v) is 5.22. The summed E-state index contributed by atoms with van der Waals surface area (Å²) in [6.45, 7) is 5.82. The van der Waals surface area contributed by atoms with Crippen LogP contribution in [-0.4, -0.2) is 15.7 Å². The third-order valence-corrected chi connectivity index (χ3v) is 3.81. The van der Waals surface area contributed by atoms with Gasteiger partial charge in [-0.05, 0) is 26.3 Å². The van der Waals surface area contributed by atoms with Crippen molar-refractivity contribution in [2.45, 2.75) is 33.4 Å². The Morgan fingerprint density at radius 3 is 2.55 bits per heavy atom. The first-order valence-electron chi connectivity index (χ1n) is 6.53. The van der Waals surface area contributed by atoms with Gasteiger partial charge in [0.05, 0.1) is 22.5 Å². The van der Waals surface area contributed by atoms with E-state index in [-0.39, 0.29) is 18.5 Å². The number of rotatable bonds is 4. The molecule has 0 fully saturated rings. The molecule has 0 saturated carbocycles. The molecule has 1 aromatic heterocycles. The van der Waals surface area contributed by atoms with Gasteiger partial charge in [-0.2, -0.15) is 5.10 Å². The van der Waals surface area contributed by atoms with Gasteiger partial charge in [-0.1, -0.05) is 41.9 Å². The largest absolute Gasteiger partial charge is 0.348 e. The molecule has 0 saturated heterocycles. The summed E-state index contributed by atoms with van der Waals surface area (Å²) in [6.07, 6.45) is 0. The van der Waals surface area contributed by atoms with Crippen molar-refractivity contribution in [3.8, 4) is 0 Å². The predicted octanol–water partition coefficient (Wildman–Crippen LogP) is 3.03. The molecule has 1 N–H and O–H groups in total. The Morgan fingerprint density at radius 1 is 1.35 bits per heavy atom. The highest BCUT2D eigenvalue weighted by Crippen LogP contribution is 2.18. The summed E-state index contributed by atoms with van der Waals surface area (Å²) in [5, 5.41) is 7.83. The highest BCUT2D eigenvalue weighted by Gasteiger charge is 2.14. The second kappa shape index (κ2) is 6.09. The van der Waals surface area contributed by atoms with Crippen LogP contribution in [0.5, 0.6) is 0 Å². The van der Waals surface area contributed by atoms with E-state index >= 15 is 0 Å². The predicted molar refractivity (Wildman–Crippen MR) is 79.7 cm³/mol. The quantitative estimate of drug-likeness (QED) is 0.941. The zero-order valence-corrected chi connectivity index (χ0v) is 12.6. The molecule has 0 unspecified atom stereocenters. The Labute approximate surface area is 123 Å². The average molecular weight is 292 g/mol. The summed E-state index contributed by atoms with van der Waals surface area (Å²) in [5.74, 6) is -0.0800. The summed E-state index contributed by atoms with van der Waals surface area (Å²) in [6, 6.07) is 9.82. The molecule has 20 heavy (non-hydrogen) atoms. The van der Waals surface area contributed by atoms with Crippen molar-refractivity contribution in [2.24, 2.45) is 0 Å². The molecule has 1 heterocycles. The summed E-state index contributed by atoms with van der Waals surface area (Å²) in [7, 11) is 0. The fourth-order valence-electron chi connectivity index (χ4n) is 2.08. The Hall–Kier alpha value is -1.81. The second-order valence-electron chi connectivity index (χ2n) is 4.84. The Balaban J connectivity index is 2.01. The number of amides is 1. The summed E-state index contributed by atoms with van der Waals surface area (Å²) in [5.41, 5.74) is 2.63. The maximum absolute atomic E-state index is 12.1. The number of aromatic nitrogens is 2. The van der Waals surface area contributed by atoms with E-state index in [1.54, 1.807) is 4.68 Å². The van der Waals surface area contributed by atoms with Gasteiger partial charge in [0.1, 0.15) is 6.54 Å². The molecule has 2 rings (SSSR count). The molecule has 106 valence electrons. The van der Waals surface area contributed by atoms with E-state index in [2.05, 4.69) is 10.4 Å². The Bertz CT molecular complexity index is 607. The van der Waals surface area contributed by atoms with Gasteiger partial charge in [0.25, 0.3) is 0 Å². The van der Waals surface area contributed by atoms with E-state index in [4.69, 9.17) is 11.6 Å². The van der Waals surface area contributed by atoms with E-state index in [0.29, 0.717) is 5.02 Å². The molecule has 0 aliphatic heterocycles. The van der Waals surface area contributed by atoms with Crippen molar-refractivity contribution in [1.29, 1.82) is 0 Å². The van der Waals surface area contributed by atoms with Crippen molar-refractivity contribution in [1.82, 2.24) is 15.1 Å². The lowest BCUT2D eigenvalue weighted by Crippen LogP contribution is -2.30. The minimum Gasteiger partial charge on any atom is -0.348 e. The lowest BCUT2D eigenvalue weighted by atomic mass is 10.1. The van der Waals surface area contributed by atoms with E-state index in [0.717, 1.165) is 17.0 Å². The highest BCUT2D eigenvalue weighted by molar-refractivity contribution is 6.31. The number of nitrogens with one attached hydrogen (secondary N) is 1. The zero-order chi connectivity index (χ0) is 14.7. The molecule has 1 amide bonds. The number of hydrogen-bond donors (Lipinski definition) is 1. The first-order chi connectivity index (χ1) is 9.49. The summed E-state index contributed by atoms with van der Waals surface area (Å²) in [4.78, 5) is 12.1. The van der Waals surface area contributed by atoms with Crippen LogP contribution in [0.1, 0.15) is 29.9 Å². The van der Waals surface area contributed by atoms with E-state index in [9.17, 15) is 4.79 Å². The molecule has 0 spiro atoms. The van der Waals surface area contributed by atoms with Crippen LogP contribution < -0.4 is 5.32 Å². The van der Waals surface area contributed by atoms with Gasteiger partial charge in [0, 0.05) is 0 Å². The smallest absolute Gasteiger partial charge is 0.242 e. The molecule has 0 bridgehead atoms. The standard InChI is InChI=1S/C15H18ClN3O/c1-10(13-7-5-4-6-8-13)17-14(20)9-19-12(3)15(16)11(2)18-19/h4-8,10H,9H2,1-3H3,(H,17,20)/t10-/m1/s1. The number of aryl methyl sites for hydroxylation is 1. The lowest BCUT2D eigenvalue weighted by Gasteiger charge is -2.14. The van der Waals surface area contributed by atoms with Gasteiger partial charge in [0.2, 0.25) is 5.91 Å². The first kappa shape index (κ1) is 14.6. The van der Waals surface area contributed by atoms with Crippen molar-refractivity contribution < 1.29 is 4.79 Å². The van der Waals surface area contributed by atoms with E-state index < -0.39 is 0 Å². The number of carbonyl (C=O) groups excluding carboxylic acids is 1. The van der Waals surface area contributed by atoms with Crippen LogP contribution in [0.2, 0.25) is 5.02 Å². The van der Waals surface area contributed by atoms with Gasteiger partial charge in [0.15, 0.2) is 0 Å². The molecule has 0 radical (unpaired) electrons. The molecule has 4 nitrogen and oxygen atoms in total. The molecule has 0 aliphatic carbocycles. The van der Waals surface area contributed by atoms with Gasteiger partial charge >= 0.3 is 0 Å². The molecule has 2 aromatic rings. The summed E-state index contributed by atoms with van der Waals surface area (Å²) < 4.78 is 1.63. The van der Waals surface area contributed by atoms with Gasteiger partial charge in [-0.3, -0.25) is 9.48 Å². The van der Waals surface area contributed by atoms with Crippen molar-refractivity contribution in [2.75, 3.05) is 0 Å². The van der Waals surface area contributed by atoms with Crippen LogP contribution in [0.3, 0.4) is 0 Å². The first-order valence-corrected chi connectivity index (χ1v) is 6.90. The van der Waals surface area contributed by atoms with Gasteiger partial charge in [-0.25, -0.2) is 0 Å². The molecular formula is C15H18ClN3O. The molecule has 1 aromatic carbocycles. The molecule has 0 aliphatic rings. The zero-order valence-electron chi connectivity index (χ0n) is 11.9. The highest BCUT2D eigenvalue weighted by atomic mass is 35.5. The summed E-state index contributed by atoms with van der Waals surface area (Å²) >= 11 is 6.07. The molecular weight excluding hydrogens is 274 g/mol. The molecule has 5 heteroatoms. The fourth-order valence-corrected chi connectivity index (χ4v) is 2.21. The number of nitrogens with zero attached hydrogens (tertiary/aromatic N) is 2. The van der Waals surface area contributed by atoms with Gasteiger partial charge in [-0.15, -0.1) is 0 Å². The van der Waals surface area contributed by atoms with Crippen LogP contribution in [0.25, 0.3) is 0 Å². The average Bonchev–Trinajstić information content (AvgIpc) is 2.67. The Morgan fingerprint density at radius 2 is 2.00 bits per heavy atom. The molecule has 1 atom stereocenters. The third kappa shape index (κ3) is 3.20. The van der Waals surface area contributed by atoms with Crippen LogP contribution in [0.4, 0.5) is 0 Å². The Kier molecular flexibility index (Phi) is 4.45. The number of benzene rings is 1. The van der Waals surface area contributed by atoms with Crippen LogP contribution in [0.15, 0.2) is 30.3 Å². The monoisotopic (exact) mass is 291 g/mol. The van der Waals surface area contributed by atoms with Crippen LogP contribution in [-0.2, 0) is 11.3 Å². The van der Waals surface area contributed by atoms with Crippen LogP contribution >= 0.6 is 11.6 Å². The van der Waals surface area contributed by atoms with E-state index in [1.807, 2.05) is 51.1 Å². The number of hydrogen-bond acceptors (Lipinski definition) is 2.